The van der Waals surface area contributed by atoms with Crippen LogP contribution in [-0.2, 0) is 0 Å². The molecular weight excluding hydrogens is 252 g/mol. The lowest BCUT2D eigenvalue weighted by molar-refractivity contribution is 0.924. The van der Waals surface area contributed by atoms with Gasteiger partial charge in [0.2, 0.25) is 5.84 Å². The van der Waals surface area contributed by atoms with Crippen LogP contribution < -0.4 is 5.43 Å². The quantitative estimate of drug-likeness (QED) is 0.831. The topological polar surface area (TPSA) is 51.2 Å². The summed E-state index contributed by atoms with van der Waals surface area (Å²) in [6.45, 7) is 0. The van der Waals surface area contributed by atoms with Crippen LogP contribution in [-0.4, -0.2) is 5.84 Å². The highest BCUT2D eigenvalue weighted by molar-refractivity contribution is 8.01. The van der Waals surface area contributed by atoms with Gasteiger partial charge >= 0.3 is 0 Å². The van der Waals surface area contributed by atoms with E-state index in [1.165, 1.54) is 9.10 Å². The molecule has 0 unspecified atom stereocenters. The van der Waals surface area contributed by atoms with Crippen molar-refractivity contribution in [3.63, 3.8) is 0 Å². The Morgan fingerprint density at radius 3 is 2.59 bits per heavy atom. The first-order valence-electron chi connectivity index (χ1n) is 4.94. The molecule has 1 aromatic carbocycles. The summed E-state index contributed by atoms with van der Waals surface area (Å²) in [7, 11) is 0. The lowest BCUT2D eigenvalue weighted by atomic mass is 10.4. The molecular formula is C11H7N4S2. The van der Waals surface area contributed by atoms with E-state index in [4.69, 9.17) is 0 Å². The molecule has 0 atom stereocenters. The van der Waals surface area contributed by atoms with Crippen molar-refractivity contribution >= 4 is 28.9 Å². The van der Waals surface area contributed by atoms with E-state index < -0.39 is 0 Å². The minimum Gasteiger partial charge on any atom is -0.125 e. The molecule has 3 rings (SSSR count). The van der Waals surface area contributed by atoms with Crippen molar-refractivity contribution in [1.82, 2.24) is 5.43 Å². The Balaban J connectivity index is 1.77. The molecule has 17 heavy (non-hydrogen) atoms. The van der Waals surface area contributed by atoms with Gasteiger partial charge in [-0.05, 0) is 34.7 Å². The van der Waals surface area contributed by atoms with Gasteiger partial charge in [0.1, 0.15) is 0 Å². The first-order chi connectivity index (χ1) is 8.42. The van der Waals surface area contributed by atoms with Gasteiger partial charge in [0.05, 0.1) is 9.09 Å². The maximum Gasteiger partial charge on any atom is 0.217 e. The zero-order valence-corrected chi connectivity index (χ0v) is 10.3. The fourth-order valence-corrected chi connectivity index (χ4v) is 3.39. The number of benzene rings is 1. The largest absolute Gasteiger partial charge is 0.217 e. The first kappa shape index (κ1) is 10.5. The Kier molecular flexibility index (Phi) is 2.89. The van der Waals surface area contributed by atoms with Crippen molar-refractivity contribution in [2.75, 3.05) is 0 Å². The summed E-state index contributed by atoms with van der Waals surface area (Å²) in [6, 6.07) is 14.3. The van der Waals surface area contributed by atoms with Crippen LogP contribution >= 0.6 is 23.1 Å². The normalized spacial score (nSPS) is 13.5. The average molecular weight is 259 g/mol. The number of rotatable bonds is 3. The maximum absolute atomic E-state index is 3.84. The second-order valence-corrected chi connectivity index (χ2v) is 5.69. The Labute approximate surface area is 106 Å². The number of nitrogens with zero attached hydrogens (tertiary/aromatic N) is 4. The molecule has 6 heteroatoms. The molecule has 0 saturated carbocycles. The van der Waals surface area contributed by atoms with Crippen LogP contribution in [0.2, 0.25) is 0 Å². The number of amidine groups is 1. The molecule has 0 saturated heterocycles. The predicted molar refractivity (Wildman–Crippen MR) is 68.4 cm³/mol. The van der Waals surface area contributed by atoms with Gasteiger partial charge in [-0.3, -0.25) is 0 Å². The zero-order chi connectivity index (χ0) is 11.5. The van der Waals surface area contributed by atoms with Gasteiger partial charge < -0.3 is 0 Å². The van der Waals surface area contributed by atoms with E-state index in [1.54, 1.807) is 23.1 Å². The van der Waals surface area contributed by atoms with Crippen LogP contribution in [0.5, 0.6) is 0 Å². The standard InChI is InChI=1S/C11H7N4S2/c1-2-4-8(5-3-1)16-10-7-6-9(17-10)11-12-14-15-13-11/h1-7H. The fourth-order valence-electron chi connectivity index (χ4n) is 1.34. The van der Waals surface area contributed by atoms with Crippen molar-refractivity contribution in [2.24, 2.45) is 15.5 Å². The fraction of sp³-hybridized carbons (Fsp3) is 0. The third-order valence-electron chi connectivity index (χ3n) is 2.08. The Hall–Kier alpha value is -1.66. The van der Waals surface area contributed by atoms with E-state index in [0.29, 0.717) is 5.84 Å². The van der Waals surface area contributed by atoms with E-state index in [9.17, 15) is 0 Å². The van der Waals surface area contributed by atoms with Crippen LogP contribution in [0, 0.1) is 0 Å². The summed E-state index contributed by atoms with van der Waals surface area (Å²) in [5.41, 5.74) is 3.84. The summed E-state index contributed by atoms with van der Waals surface area (Å²) >= 11 is 3.37. The van der Waals surface area contributed by atoms with E-state index in [2.05, 4.69) is 39.2 Å². The number of hydrogen-bond donors (Lipinski definition) is 0. The van der Waals surface area contributed by atoms with Gasteiger partial charge in [0.15, 0.2) is 0 Å². The van der Waals surface area contributed by atoms with Crippen LogP contribution in [0.1, 0.15) is 4.88 Å². The van der Waals surface area contributed by atoms with E-state index in [-0.39, 0.29) is 0 Å². The monoisotopic (exact) mass is 259 g/mol. The van der Waals surface area contributed by atoms with Gasteiger partial charge in [-0.15, -0.1) is 21.9 Å². The summed E-state index contributed by atoms with van der Waals surface area (Å²) in [4.78, 5) is 2.22. The van der Waals surface area contributed by atoms with Crippen molar-refractivity contribution in [2.45, 2.75) is 9.10 Å². The van der Waals surface area contributed by atoms with Gasteiger partial charge in [-0.25, -0.2) is 0 Å². The van der Waals surface area contributed by atoms with Crippen LogP contribution in [0.25, 0.3) is 0 Å². The molecule has 0 N–H and O–H groups in total. The van der Waals surface area contributed by atoms with Crippen molar-refractivity contribution in [3.05, 3.63) is 47.3 Å². The molecule has 0 fully saturated rings. The van der Waals surface area contributed by atoms with E-state index in [1.807, 2.05) is 24.3 Å². The lowest BCUT2D eigenvalue weighted by Gasteiger charge is -1.96. The molecule has 1 aliphatic heterocycles. The third kappa shape index (κ3) is 2.37. The highest BCUT2D eigenvalue weighted by Crippen LogP contribution is 2.33. The molecule has 0 bridgehead atoms. The SMILES string of the molecule is c1ccc(Sc2ccc(C3=NN=N[N]3)s2)cc1. The van der Waals surface area contributed by atoms with Gasteiger partial charge in [-0.2, -0.15) is 0 Å². The Morgan fingerprint density at radius 2 is 1.82 bits per heavy atom. The van der Waals surface area contributed by atoms with Crippen LogP contribution in [0.4, 0.5) is 0 Å². The van der Waals surface area contributed by atoms with Crippen LogP contribution in [0.15, 0.2) is 67.1 Å². The molecule has 83 valence electrons. The molecule has 1 radical (unpaired) electrons. The average Bonchev–Trinajstić information content (AvgIpc) is 3.00. The molecule has 1 aromatic heterocycles. The molecule has 2 heterocycles. The number of hydrogen-bond acceptors (Lipinski definition) is 5. The Morgan fingerprint density at radius 1 is 0.941 bits per heavy atom. The van der Waals surface area contributed by atoms with Gasteiger partial charge in [0.25, 0.3) is 0 Å². The highest BCUT2D eigenvalue weighted by Gasteiger charge is 2.12. The first-order valence-corrected chi connectivity index (χ1v) is 6.57. The molecule has 0 spiro atoms. The second kappa shape index (κ2) is 4.68. The lowest BCUT2D eigenvalue weighted by Crippen LogP contribution is -2.04. The van der Waals surface area contributed by atoms with Crippen molar-refractivity contribution < 1.29 is 0 Å². The van der Waals surface area contributed by atoms with Gasteiger partial charge in [-0.1, -0.05) is 30.0 Å². The minimum absolute atomic E-state index is 0.593. The maximum atomic E-state index is 3.84. The van der Waals surface area contributed by atoms with Crippen molar-refractivity contribution in [3.8, 4) is 0 Å². The van der Waals surface area contributed by atoms with E-state index in [0.717, 1.165) is 4.88 Å². The number of thiophene rings is 1. The molecule has 4 nitrogen and oxygen atoms in total. The third-order valence-corrected chi connectivity index (χ3v) is 4.30. The molecule has 1 aliphatic rings. The molecule has 2 aromatic rings. The van der Waals surface area contributed by atoms with E-state index >= 15 is 0 Å². The van der Waals surface area contributed by atoms with Crippen LogP contribution in [0.3, 0.4) is 0 Å². The molecule has 0 amide bonds. The highest BCUT2D eigenvalue weighted by atomic mass is 32.2. The minimum atomic E-state index is 0.593. The zero-order valence-electron chi connectivity index (χ0n) is 8.65. The summed E-state index contributed by atoms with van der Waals surface area (Å²) in [5, 5.41) is 10.8. The molecule has 0 aliphatic carbocycles. The van der Waals surface area contributed by atoms with Gasteiger partial charge in [0, 0.05) is 4.90 Å². The smallest absolute Gasteiger partial charge is 0.125 e. The second-order valence-electron chi connectivity index (χ2n) is 3.24. The summed E-state index contributed by atoms with van der Waals surface area (Å²) < 4.78 is 1.20. The predicted octanol–water partition coefficient (Wildman–Crippen LogP) is 3.55. The summed E-state index contributed by atoms with van der Waals surface area (Å²) in [5.74, 6) is 0.593. The van der Waals surface area contributed by atoms with Crippen molar-refractivity contribution in [1.29, 1.82) is 0 Å². The Bertz CT molecular complexity index is 574. The summed E-state index contributed by atoms with van der Waals surface area (Å²) in [6.07, 6.45) is 0.